The summed E-state index contributed by atoms with van der Waals surface area (Å²) in [4.78, 5) is 17.0. The fourth-order valence-electron chi connectivity index (χ4n) is 3.24. The van der Waals surface area contributed by atoms with Crippen LogP contribution < -0.4 is 4.74 Å². The summed E-state index contributed by atoms with van der Waals surface area (Å²) in [6.07, 6.45) is 0.845. The van der Waals surface area contributed by atoms with Gasteiger partial charge in [-0.15, -0.1) is 12.4 Å². The van der Waals surface area contributed by atoms with Crippen LogP contribution in [0.1, 0.15) is 15.9 Å². The van der Waals surface area contributed by atoms with Crippen LogP contribution in [0.25, 0.3) is 0 Å². The van der Waals surface area contributed by atoms with Gasteiger partial charge in [-0.2, -0.15) is 0 Å². The van der Waals surface area contributed by atoms with E-state index in [1.54, 1.807) is 13.2 Å². The molecule has 0 spiro atoms. The molecular weight excluding hydrogens is 364 g/mol. The number of rotatable bonds is 7. The first kappa shape index (κ1) is 21.2. The topological polar surface area (TPSA) is 53.0 Å². The molecule has 0 aromatic heterocycles. The average molecular weight is 391 g/mol. The van der Waals surface area contributed by atoms with Crippen molar-refractivity contribution >= 4 is 18.2 Å². The van der Waals surface area contributed by atoms with E-state index < -0.39 is 0 Å². The van der Waals surface area contributed by atoms with Crippen molar-refractivity contribution in [2.24, 2.45) is 0 Å². The van der Waals surface area contributed by atoms with Crippen LogP contribution in [0.3, 0.4) is 0 Å². The van der Waals surface area contributed by atoms with Crippen LogP contribution in [-0.4, -0.2) is 67.1 Å². The third-order valence-electron chi connectivity index (χ3n) is 4.93. The first-order valence-corrected chi connectivity index (χ1v) is 9.04. The Bertz CT molecular complexity index is 728. The molecule has 1 aliphatic heterocycles. The standard InChI is InChI=1S/C21H26N2O3.ClH/c1-26-19-8-6-18(7-9-19)21(25)16-23-14-12-22(13-15-23)11-10-17-4-2-3-5-20(17)24;/h2-9,24H,10-16H2,1H3;1H. The van der Waals surface area contributed by atoms with Crippen molar-refractivity contribution in [3.8, 4) is 11.5 Å². The first-order chi connectivity index (χ1) is 12.7. The lowest BCUT2D eigenvalue weighted by molar-refractivity contribution is 0.0854. The number of ether oxygens (including phenoxy) is 1. The summed E-state index contributed by atoms with van der Waals surface area (Å²) in [5, 5.41) is 9.85. The zero-order chi connectivity index (χ0) is 18.4. The molecule has 1 saturated heterocycles. The number of carbonyl (C=O) groups is 1. The minimum atomic E-state index is 0. The molecule has 0 radical (unpaired) electrons. The number of carbonyl (C=O) groups excluding carboxylic acids is 1. The molecular formula is C21H27ClN2O3. The number of Topliss-reactive ketones (excluding diaryl/α,β-unsaturated/α-hetero) is 1. The SMILES string of the molecule is COc1ccc(C(=O)CN2CCN(CCc3ccccc3O)CC2)cc1.Cl. The Labute approximate surface area is 167 Å². The molecule has 2 aromatic rings. The molecule has 1 N–H and O–H groups in total. The van der Waals surface area contributed by atoms with Gasteiger partial charge in [-0.25, -0.2) is 0 Å². The molecule has 1 fully saturated rings. The van der Waals surface area contributed by atoms with Crippen LogP contribution >= 0.6 is 12.4 Å². The largest absolute Gasteiger partial charge is 0.508 e. The zero-order valence-electron chi connectivity index (χ0n) is 15.6. The summed E-state index contributed by atoms with van der Waals surface area (Å²) in [7, 11) is 1.62. The van der Waals surface area contributed by atoms with Crippen molar-refractivity contribution in [3.63, 3.8) is 0 Å². The average Bonchev–Trinajstić information content (AvgIpc) is 2.68. The number of halogens is 1. The van der Waals surface area contributed by atoms with Crippen LogP contribution in [0.5, 0.6) is 11.5 Å². The van der Waals surface area contributed by atoms with E-state index in [2.05, 4.69) is 9.80 Å². The number of ketones is 1. The molecule has 0 atom stereocenters. The maximum absolute atomic E-state index is 12.4. The number of nitrogens with zero attached hydrogens (tertiary/aromatic N) is 2. The van der Waals surface area contributed by atoms with Crippen molar-refractivity contribution in [2.75, 3.05) is 46.4 Å². The summed E-state index contributed by atoms with van der Waals surface area (Å²) in [5.41, 5.74) is 1.72. The summed E-state index contributed by atoms with van der Waals surface area (Å²) in [5.74, 6) is 1.28. The maximum atomic E-state index is 12.4. The van der Waals surface area contributed by atoms with Crippen LogP contribution in [-0.2, 0) is 6.42 Å². The van der Waals surface area contributed by atoms with E-state index in [-0.39, 0.29) is 18.2 Å². The molecule has 5 nitrogen and oxygen atoms in total. The molecule has 6 heteroatoms. The van der Waals surface area contributed by atoms with Gasteiger partial charge in [-0.3, -0.25) is 9.69 Å². The number of phenols is 1. The number of para-hydroxylation sites is 1. The number of aromatic hydroxyl groups is 1. The van der Waals surface area contributed by atoms with Crippen LogP contribution in [0, 0.1) is 0 Å². The van der Waals surface area contributed by atoms with Gasteiger partial charge in [0.2, 0.25) is 0 Å². The van der Waals surface area contributed by atoms with E-state index in [0.717, 1.165) is 56.0 Å². The Morgan fingerprint density at radius 2 is 1.63 bits per heavy atom. The van der Waals surface area contributed by atoms with E-state index >= 15 is 0 Å². The van der Waals surface area contributed by atoms with Crippen LogP contribution in [0.15, 0.2) is 48.5 Å². The van der Waals surface area contributed by atoms with Gasteiger partial charge in [0, 0.05) is 38.3 Å². The minimum absolute atomic E-state index is 0. The van der Waals surface area contributed by atoms with E-state index in [1.165, 1.54) is 0 Å². The second kappa shape index (κ2) is 10.3. The highest BCUT2D eigenvalue weighted by Crippen LogP contribution is 2.17. The predicted octanol–water partition coefficient (Wildman–Crippen LogP) is 2.87. The molecule has 0 unspecified atom stereocenters. The first-order valence-electron chi connectivity index (χ1n) is 9.04. The third kappa shape index (κ3) is 5.96. The number of phenolic OH excluding ortho intramolecular Hbond substituents is 1. The normalized spacial score (nSPS) is 15.1. The van der Waals surface area contributed by atoms with E-state index in [9.17, 15) is 9.90 Å². The predicted molar refractivity (Wildman–Crippen MR) is 109 cm³/mol. The molecule has 0 saturated carbocycles. The van der Waals surface area contributed by atoms with Crippen molar-refractivity contribution in [2.45, 2.75) is 6.42 Å². The highest BCUT2D eigenvalue weighted by molar-refractivity contribution is 5.97. The monoisotopic (exact) mass is 390 g/mol. The van der Waals surface area contributed by atoms with Gasteiger partial charge in [-0.05, 0) is 42.3 Å². The Kier molecular flexibility index (Phi) is 8.10. The van der Waals surface area contributed by atoms with Crippen molar-refractivity contribution in [1.82, 2.24) is 9.80 Å². The van der Waals surface area contributed by atoms with Crippen molar-refractivity contribution in [3.05, 3.63) is 59.7 Å². The van der Waals surface area contributed by atoms with Gasteiger partial charge in [0.15, 0.2) is 5.78 Å². The summed E-state index contributed by atoms with van der Waals surface area (Å²) in [6, 6.07) is 14.8. The van der Waals surface area contributed by atoms with E-state index in [1.807, 2.05) is 42.5 Å². The van der Waals surface area contributed by atoms with Gasteiger partial charge >= 0.3 is 0 Å². The smallest absolute Gasteiger partial charge is 0.176 e. The Hall–Kier alpha value is -2.08. The van der Waals surface area contributed by atoms with Gasteiger partial charge < -0.3 is 14.7 Å². The maximum Gasteiger partial charge on any atom is 0.176 e. The van der Waals surface area contributed by atoms with E-state index in [0.29, 0.717) is 12.3 Å². The van der Waals surface area contributed by atoms with E-state index in [4.69, 9.17) is 4.74 Å². The van der Waals surface area contributed by atoms with Crippen molar-refractivity contribution < 1.29 is 14.6 Å². The highest BCUT2D eigenvalue weighted by atomic mass is 35.5. The molecule has 1 heterocycles. The second-order valence-corrected chi connectivity index (χ2v) is 6.65. The molecule has 0 amide bonds. The lowest BCUT2D eigenvalue weighted by atomic mass is 10.1. The van der Waals surface area contributed by atoms with Gasteiger partial charge in [-0.1, -0.05) is 18.2 Å². The summed E-state index contributed by atoms with van der Waals surface area (Å²) >= 11 is 0. The molecule has 146 valence electrons. The summed E-state index contributed by atoms with van der Waals surface area (Å²) in [6.45, 7) is 5.07. The summed E-state index contributed by atoms with van der Waals surface area (Å²) < 4.78 is 5.13. The fourth-order valence-corrected chi connectivity index (χ4v) is 3.24. The highest BCUT2D eigenvalue weighted by Gasteiger charge is 2.19. The Morgan fingerprint density at radius 1 is 1.00 bits per heavy atom. The minimum Gasteiger partial charge on any atom is -0.508 e. The van der Waals surface area contributed by atoms with Gasteiger partial charge in [0.05, 0.1) is 13.7 Å². The van der Waals surface area contributed by atoms with Crippen LogP contribution in [0.4, 0.5) is 0 Å². The quantitative estimate of drug-likeness (QED) is 0.737. The fraction of sp³-hybridized carbons (Fsp3) is 0.381. The Morgan fingerprint density at radius 3 is 2.26 bits per heavy atom. The molecule has 2 aromatic carbocycles. The molecule has 0 aliphatic carbocycles. The molecule has 3 rings (SSSR count). The number of hydrogen-bond acceptors (Lipinski definition) is 5. The van der Waals surface area contributed by atoms with Crippen LogP contribution in [0.2, 0.25) is 0 Å². The zero-order valence-corrected chi connectivity index (χ0v) is 16.5. The Balaban J connectivity index is 0.00000261. The van der Waals surface area contributed by atoms with Gasteiger partial charge in [0.25, 0.3) is 0 Å². The number of benzene rings is 2. The second-order valence-electron chi connectivity index (χ2n) is 6.65. The lowest BCUT2D eigenvalue weighted by Crippen LogP contribution is -2.48. The number of hydrogen-bond donors (Lipinski definition) is 1. The van der Waals surface area contributed by atoms with Gasteiger partial charge in [0.1, 0.15) is 11.5 Å². The third-order valence-corrected chi connectivity index (χ3v) is 4.93. The lowest BCUT2D eigenvalue weighted by Gasteiger charge is -2.34. The molecule has 27 heavy (non-hydrogen) atoms. The number of piperazine rings is 1. The number of methoxy groups -OCH3 is 1. The van der Waals surface area contributed by atoms with Crippen molar-refractivity contribution in [1.29, 1.82) is 0 Å². The molecule has 0 bridgehead atoms. The molecule has 1 aliphatic rings.